The summed E-state index contributed by atoms with van der Waals surface area (Å²) < 4.78 is 5.98. The van der Waals surface area contributed by atoms with Gasteiger partial charge in [-0.05, 0) is 80.9 Å². The van der Waals surface area contributed by atoms with Gasteiger partial charge in [-0.25, -0.2) is 0 Å². The van der Waals surface area contributed by atoms with Gasteiger partial charge >= 0.3 is 0 Å². The number of rotatable bonds is 2. The molecule has 8 heteroatoms. The number of piperidine rings is 2. The maximum atomic E-state index is 13.9. The third kappa shape index (κ3) is 2.54. The second-order valence-electron chi connectivity index (χ2n) is 11.7. The predicted molar refractivity (Wildman–Crippen MR) is 126 cm³/mol. The molecule has 1 N–H and O–H groups in total. The van der Waals surface area contributed by atoms with E-state index in [9.17, 15) is 19.7 Å². The zero-order chi connectivity index (χ0) is 24.3. The second kappa shape index (κ2) is 6.29. The number of benzene rings is 1. The number of nitro benzene ring substituents is 1. The summed E-state index contributed by atoms with van der Waals surface area (Å²) in [5, 5.41) is 15.4. The summed E-state index contributed by atoms with van der Waals surface area (Å²) in [6.45, 7) is 8.60. The van der Waals surface area contributed by atoms with Gasteiger partial charge in [0.05, 0.1) is 16.1 Å². The highest BCUT2D eigenvalue weighted by atomic mass is 16.6. The first-order valence-electron chi connectivity index (χ1n) is 12.0. The van der Waals surface area contributed by atoms with Gasteiger partial charge in [0.25, 0.3) is 11.6 Å². The summed E-state index contributed by atoms with van der Waals surface area (Å²) >= 11 is 0. The van der Waals surface area contributed by atoms with Crippen molar-refractivity contribution in [3.05, 3.63) is 45.5 Å². The van der Waals surface area contributed by atoms with Crippen LogP contribution >= 0.6 is 0 Å². The van der Waals surface area contributed by atoms with Crippen LogP contribution in [0, 0.1) is 21.4 Å². The molecule has 3 atom stereocenters. The number of amides is 2. The first-order chi connectivity index (χ1) is 15.9. The number of nitrogens with one attached hydrogen (secondary N) is 1. The lowest BCUT2D eigenvalue weighted by Crippen LogP contribution is -2.82. The van der Waals surface area contributed by atoms with Crippen molar-refractivity contribution in [1.82, 2.24) is 10.2 Å². The Morgan fingerprint density at radius 1 is 1.21 bits per heavy atom. The summed E-state index contributed by atoms with van der Waals surface area (Å²) in [6.07, 6.45) is 8.13. The van der Waals surface area contributed by atoms with E-state index >= 15 is 0 Å². The third-order valence-corrected chi connectivity index (χ3v) is 8.64. The minimum absolute atomic E-state index is 0.0259. The van der Waals surface area contributed by atoms with E-state index in [2.05, 4.69) is 19.2 Å². The minimum Gasteiger partial charge on any atom is -0.483 e. The topological polar surface area (TPSA) is 102 Å². The van der Waals surface area contributed by atoms with Gasteiger partial charge in [-0.2, -0.15) is 0 Å². The third-order valence-electron chi connectivity index (χ3n) is 8.64. The van der Waals surface area contributed by atoms with Crippen LogP contribution < -0.4 is 10.1 Å². The van der Waals surface area contributed by atoms with E-state index in [-0.39, 0.29) is 33.8 Å². The van der Waals surface area contributed by atoms with Crippen LogP contribution in [0.2, 0.25) is 0 Å². The lowest BCUT2D eigenvalue weighted by molar-refractivity contribution is -0.385. The van der Waals surface area contributed by atoms with E-state index in [1.165, 1.54) is 0 Å². The molecule has 2 bridgehead atoms. The summed E-state index contributed by atoms with van der Waals surface area (Å²) in [4.78, 5) is 40.8. The number of nitrogens with zero attached hydrogens (tertiary/aromatic N) is 2. The fraction of sp³-hybridized carbons (Fsp3) is 0.538. The average Bonchev–Trinajstić information content (AvgIpc) is 3.18. The molecular formula is C26H29N3O5. The fourth-order valence-electron chi connectivity index (χ4n) is 7.13. The SMILES string of the molecule is CC1(C)C=Cc2c(ccc(C3=CC45NC(=O)C6(CCCN6C4=O)CC5C(C)(C)C3)c2[N+](=O)[O-])O1. The summed E-state index contributed by atoms with van der Waals surface area (Å²) in [7, 11) is 0. The molecule has 1 aliphatic carbocycles. The average molecular weight is 464 g/mol. The molecule has 0 aromatic heterocycles. The number of fused-ring (bicyclic) bond motifs is 2. The van der Waals surface area contributed by atoms with Gasteiger partial charge < -0.3 is 15.0 Å². The van der Waals surface area contributed by atoms with Crippen LogP contribution in [-0.4, -0.2) is 44.9 Å². The molecular weight excluding hydrogens is 434 g/mol. The van der Waals surface area contributed by atoms with E-state index in [1.807, 2.05) is 26.0 Å². The monoisotopic (exact) mass is 463 g/mol. The molecule has 2 amide bonds. The molecule has 178 valence electrons. The standard InChI is InChI=1S/C26H29N3O5/c1-23(2)12-15(16-6-7-18-17(20(16)29(32)33)8-10-24(3,4)34-18)13-26-19(23)14-25(21(30)27-26)9-5-11-28(25)22(26)31/h6-8,10,13,19H,5,9,11-12,14H2,1-4H3,(H,27,30). The molecule has 3 unspecified atom stereocenters. The van der Waals surface area contributed by atoms with Crippen molar-refractivity contribution in [3.8, 4) is 5.75 Å². The Morgan fingerprint density at radius 3 is 2.71 bits per heavy atom. The van der Waals surface area contributed by atoms with Gasteiger partial charge in [0, 0.05) is 12.5 Å². The molecule has 5 aliphatic heterocycles. The molecule has 2 spiro atoms. The van der Waals surface area contributed by atoms with Crippen LogP contribution in [-0.2, 0) is 9.59 Å². The molecule has 8 nitrogen and oxygen atoms in total. The van der Waals surface area contributed by atoms with E-state index in [0.717, 1.165) is 12.0 Å². The Kier molecular flexibility index (Phi) is 3.95. The van der Waals surface area contributed by atoms with E-state index in [0.29, 0.717) is 42.7 Å². The van der Waals surface area contributed by atoms with Gasteiger partial charge in [-0.3, -0.25) is 19.7 Å². The molecule has 7 rings (SSSR count). The van der Waals surface area contributed by atoms with Crippen LogP contribution in [0.15, 0.2) is 24.3 Å². The number of hydrogen-bond donors (Lipinski definition) is 1. The second-order valence-corrected chi connectivity index (χ2v) is 11.7. The first-order valence-corrected chi connectivity index (χ1v) is 12.0. The minimum atomic E-state index is -1.17. The molecule has 1 aromatic carbocycles. The first kappa shape index (κ1) is 21.4. The number of carbonyl (C=O) groups is 2. The summed E-state index contributed by atoms with van der Waals surface area (Å²) in [5.41, 5.74) is -1.20. The highest BCUT2D eigenvalue weighted by molar-refractivity contribution is 6.07. The van der Waals surface area contributed by atoms with Gasteiger partial charge in [0.15, 0.2) is 0 Å². The molecule has 1 aromatic rings. The van der Waals surface area contributed by atoms with Crippen LogP contribution in [0.25, 0.3) is 11.6 Å². The highest BCUT2D eigenvalue weighted by Crippen LogP contribution is 2.60. The quantitative estimate of drug-likeness (QED) is 0.530. The normalized spacial score (nSPS) is 33.9. The van der Waals surface area contributed by atoms with Crippen LogP contribution in [0.4, 0.5) is 5.69 Å². The molecule has 0 radical (unpaired) electrons. The largest absolute Gasteiger partial charge is 0.483 e. The van der Waals surface area contributed by atoms with Crippen LogP contribution in [0.3, 0.4) is 0 Å². The van der Waals surface area contributed by atoms with E-state index in [1.54, 1.807) is 23.1 Å². The molecule has 4 fully saturated rings. The van der Waals surface area contributed by atoms with Gasteiger partial charge in [-0.1, -0.05) is 13.8 Å². The van der Waals surface area contributed by atoms with Gasteiger partial charge in [-0.15, -0.1) is 0 Å². The Labute approximate surface area is 198 Å². The molecule has 4 saturated heterocycles. The molecule has 0 saturated carbocycles. The molecule has 34 heavy (non-hydrogen) atoms. The van der Waals surface area contributed by atoms with Gasteiger partial charge in [0.1, 0.15) is 22.4 Å². The lowest BCUT2D eigenvalue weighted by Gasteiger charge is -2.63. The maximum Gasteiger partial charge on any atom is 0.287 e. The summed E-state index contributed by atoms with van der Waals surface area (Å²) in [6, 6.07) is 3.50. The Morgan fingerprint density at radius 2 is 1.97 bits per heavy atom. The predicted octanol–water partition coefficient (Wildman–Crippen LogP) is 3.84. The lowest BCUT2D eigenvalue weighted by atomic mass is 9.52. The van der Waals surface area contributed by atoms with Crippen molar-refractivity contribution in [1.29, 1.82) is 0 Å². The number of carbonyl (C=O) groups excluding carboxylic acids is 2. The van der Waals surface area contributed by atoms with Crippen molar-refractivity contribution in [2.75, 3.05) is 6.54 Å². The molecule has 5 heterocycles. The number of hydrogen-bond acceptors (Lipinski definition) is 5. The highest BCUT2D eigenvalue weighted by Gasteiger charge is 2.71. The Bertz CT molecular complexity index is 1250. The van der Waals surface area contributed by atoms with Gasteiger partial charge in [0.2, 0.25) is 5.91 Å². The van der Waals surface area contributed by atoms with E-state index < -0.39 is 16.7 Å². The zero-order valence-electron chi connectivity index (χ0n) is 19.9. The van der Waals surface area contributed by atoms with Crippen molar-refractivity contribution in [3.63, 3.8) is 0 Å². The van der Waals surface area contributed by atoms with Crippen molar-refractivity contribution < 1.29 is 19.2 Å². The van der Waals surface area contributed by atoms with Crippen molar-refractivity contribution >= 4 is 29.2 Å². The summed E-state index contributed by atoms with van der Waals surface area (Å²) in [5.74, 6) is 0.240. The van der Waals surface area contributed by atoms with Crippen LogP contribution in [0.5, 0.6) is 5.75 Å². The fourth-order valence-corrected chi connectivity index (χ4v) is 7.13. The van der Waals surface area contributed by atoms with Crippen molar-refractivity contribution in [2.45, 2.75) is 70.1 Å². The number of ether oxygens (including phenoxy) is 1. The number of piperazine rings is 1. The van der Waals surface area contributed by atoms with Crippen LogP contribution in [0.1, 0.15) is 64.5 Å². The zero-order valence-corrected chi connectivity index (χ0v) is 19.9. The Balaban J connectivity index is 1.55. The van der Waals surface area contributed by atoms with E-state index in [4.69, 9.17) is 4.74 Å². The number of allylic oxidation sites excluding steroid dienone is 1. The smallest absolute Gasteiger partial charge is 0.287 e. The van der Waals surface area contributed by atoms with Crippen molar-refractivity contribution in [2.24, 2.45) is 11.3 Å². The Hall–Kier alpha value is -3.16. The number of nitro groups is 1. The maximum absolute atomic E-state index is 13.9. The molecule has 6 aliphatic rings.